The summed E-state index contributed by atoms with van der Waals surface area (Å²) in [5.41, 5.74) is 0. The number of amides is 2. The fourth-order valence-electron chi connectivity index (χ4n) is 0.381. The van der Waals surface area contributed by atoms with Crippen LogP contribution in [0.1, 0.15) is 0 Å². The molecule has 0 fully saturated rings. The highest BCUT2D eigenvalue weighted by Crippen LogP contribution is 1.73. The monoisotopic (exact) mass is 156 g/mol. The third-order valence-corrected chi connectivity index (χ3v) is 1.02. The number of rotatable bonds is 4. The summed E-state index contributed by atoms with van der Waals surface area (Å²) in [5.74, 6) is -0.484. The van der Waals surface area contributed by atoms with Crippen LogP contribution < -0.4 is 10.5 Å². The minimum atomic E-state index is -0.242. The van der Waals surface area contributed by atoms with Crippen molar-refractivity contribution in [2.24, 2.45) is 0 Å². The van der Waals surface area contributed by atoms with Gasteiger partial charge in [0.05, 0.1) is 0 Å². The average Bonchev–Trinajstić information content (AvgIpc) is 2.04. The molecule has 2 N–H and O–H groups in total. The molecule has 60 valence electrons. The third kappa shape index (κ3) is 5.47. The summed E-state index contributed by atoms with van der Waals surface area (Å²) in [6.07, 6.45) is 0. The van der Waals surface area contributed by atoms with Gasteiger partial charge in [-0.2, -0.15) is 0 Å². The van der Waals surface area contributed by atoms with Crippen molar-refractivity contribution in [1.29, 1.82) is 0 Å². The summed E-state index contributed by atoms with van der Waals surface area (Å²) in [6, 6.07) is 0. The normalized spacial score (nSPS) is 8.73. The molecule has 0 aliphatic rings. The van der Waals surface area contributed by atoms with Crippen molar-refractivity contribution in [3.8, 4) is 0 Å². The molecule has 0 unspecified atom stereocenters. The maximum Gasteiger partial charge on any atom is 0.233 e. The van der Waals surface area contributed by atoms with Crippen molar-refractivity contribution in [2.75, 3.05) is 13.2 Å². The molecule has 0 rings (SSSR count). The summed E-state index contributed by atoms with van der Waals surface area (Å²) >= 11 is 0. The zero-order valence-electron chi connectivity index (χ0n) is 6.64. The number of carbonyl (C=O) groups excluding carboxylic acids is 2. The summed E-state index contributed by atoms with van der Waals surface area (Å²) in [7, 11) is 3.01. The highest BCUT2D eigenvalue weighted by atomic mass is 16.5. The lowest BCUT2D eigenvalue weighted by atomic mass is 10.4. The van der Waals surface area contributed by atoms with Crippen LogP contribution in [0, 0.1) is 0 Å². The molecule has 0 aromatic carbocycles. The van der Waals surface area contributed by atoms with Gasteiger partial charge in [-0.25, -0.2) is 0 Å². The molecule has 0 aromatic heterocycles. The van der Waals surface area contributed by atoms with E-state index < -0.39 is 0 Å². The van der Waals surface area contributed by atoms with Gasteiger partial charge in [0, 0.05) is 0 Å². The topological polar surface area (TPSA) is 67.4 Å². The minimum Gasteiger partial charge on any atom is -0.404 e. The predicted octanol–water partition coefficient (Wildman–Crippen LogP) is -3.67. The van der Waals surface area contributed by atoms with Gasteiger partial charge >= 0.3 is 0 Å². The molecule has 0 saturated carbocycles. The SMILES string of the molecule is BNC(=O)COCC(=O)NB. The second-order valence-corrected chi connectivity index (χ2v) is 1.84. The Hall–Kier alpha value is -0.970. The van der Waals surface area contributed by atoms with E-state index in [1.54, 1.807) is 0 Å². The van der Waals surface area contributed by atoms with Crippen molar-refractivity contribution in [1.82, 2.24) is 10.5 Å². The molecule has 11 heavy (non-hydrogen) atoms. The number of nitrogens with one attached hydrogen (secondary N) is 2. The average molecular weight is 156 g/mol. The fraction of sp³-hybridized carbons (Fsp3) is 0.500. The first-order chi connectivity index (χ1) is 5.20. The first-order valence-corrected chi connectivity index (χ1v) is 3.19. The molecule has 0 heterocycles. The Labute approximate surface area is 66.7 Å². The highest BCUT2D eigenvalue weighted by molar-refractivity contribution is 6.15. The molecule has 0 aromatic rings. The maximum absolute atomic E-state index is 10.5. The van der Waals surface area contributed by atoms with Crippen molar-refractivity contribution < 1.29 is 14.3 Å². The van der Waals surface area contributed by atoms with Crippen LogP contribution in [-0.2, 0) is 14.3 Å². The minimum absolute atomic E-state index is 0.0794. The van der Waals surface area contributed by atoms with Gasteiger partial charge in [-0.15, -0.1) is 0 Å². The van der Waals surface area contributed by atoms with Crippen molar-refractivity contribution in [2.45, 2.75) is 0 Å². The molecular weight excluding hydrogens is 146 g/mol. The smallest absolute Gasteiger partial charge is 0.233 e. The zero-order valence-corrected chi connectivity index (χ0v) is 6.64. The molecule has 0 aliphatic heterocycles. The Bertz CT molecular complexity index is 136. The van der Waals surface area contributed by atoms with Crippen LogP contribution in [-0.4, -0.2) is 41.0 Å². The fourth-order valence-corrected chi connectivity index (χ4v) is 0.381. The van der Waals surface area contributed by atoms with Crippen LogP contribution in [0.25, 0.3) is 0 Å². The second-order valence-electron chi connectivity index (χ2n) is 1.84. The Kier molecular flexibility index (Phi) is 5.28. The number of hydrogen-bond acceptors (Lipinski definition) is 3. The van der Waals surface area contributed by atoms with E-state index in [1.807, 2.05) is 0 Å². The van der Waals surface area contributed by atoms with Crippen LogP contribution in [0.2, 0.25) is 0 Å². The molecule has 2 amide bonds. The van der Waals surface area contributed by atoms with E-state index in [0.717, 1.165) is 0 Å². The lowest BCUT2D eigenvalue weighted by Crippen LogP contribution is -2.29. The number of hydrogen-bond donors (Lipinski definition) is 2. The highest BCUT2D eigenvalue weighted by Gasteiger charge is 1.99. The van der Waals surface area contributed by atoms with Gasteiger partial charge in [0.2, 0.25) is 27.8 Å². The quantitative estimate of drug-likeness (QED) is 0.412. The molecule has 5 nitrogen and oxygen atoms in total. The van der Waals surface area contributed by atoms with Gasteiger partial charge in [-0.05, 0) is 0 Å². The van der Waals surface area contributed by atoms with Crippen LogP contribution in [0.5, 0.6) is 0 Å². The summed E-state index contributed by atoms with van der Waals surface area (Å²) in [5, 5.41) is 4.72. The van der Waals surface area contributed by atoms with E-state index >= 15 is 0 Å². The molecule has 0 spiro atoms. The van der Waals surface area contributed by atoms with Crippen LogP contribution in [0.4, 0.5) is 0 Å². The lowest BCUT2D eigenvalue weighted by molar-refractivity contribution is -0.129. The second kappa shape index (κ2) is 5.79. The molecule has 0 saturated heterocycles. The molecule has 7 heteroatoms. The van der Waals surface area contributed by atoms with Crippen molar-refractivity contribution >= 4 is 27.8 Å². The first-order valence-electron chi connectivity index (χ1n) is 3.19. The standard InChI is InChI=1S/C4H10B2N2O3/c5-7-3(9)1-11-2-4(10)8-6/h1-2,5-6H2,(H,7,9)(H,8,10). The Morgan fingerprint density at radius 2 is 1.45 bits per heavy atom. The first kappa shape index (κ1) is 10.0. The van der Waals surface area contributed by atoms with Gasteiger partial charge in [-0.3, -0.25) is 9.59 Å². The Morgan fingerprint density at radius 3 is 1.73 bits per heavy atom. The van der Waals surface area contributed by atoms with Gasteiger partial charge in [0.25, 0.3) is 0 Å². The molecule has 0 bridgehead atoms. The van der Waals surface area contributed by atoms with Gasteiger partial charge in [-0.1, -0.05) is 0 Å². The van der Waals surface area contributed by atoms with Crippen LogP contribution in [0.15, 0.2) is 0 Å². The Morgan fingerprint density at radius 1 is 1.09 bits per heavy atom. The van der Waals surface area contributed by atoms with Crippen molar-refractivity contribution in [3.63, 3.8) is 0 Å². The third-order valence-electron chi connectivity index (χ3n) is 1.02. The molecule has 0 atom stereocenters. The van der Waals surface area contributed by atoms with E-state index in [9.17, 15) is 9.59 Å². The lowest BCUT2D eigenvalue weighted by Gasteiger charge is -2.01. The Balaban J connectivity index is 3.27. The number of carbonyl (C=O) groups is 2. The predicted molar refractivity (Wildman–Crippen MR) is 44.2 cm³/mol. The van der Waals surface area contributed by atoms with E-state index in [4.69, 9.17) is 4.74 Å². The van der Waals surface area contributed by atoms with E-state index in [1.165, 1.54) is 16.0 Å². The summed E-state index contributed by atoms with van der Waals surface area (Å²) in [4.78, 5) is 21.0. The molecule has 0 aliphatic carbocycles. The van der Waals surface area contributed by atoms with E-state index in [-0.39, 0.29) is 25.0 Å². The molecule has 0 radical (unpaired) electrons. The van der Waals surface area contributed by atoms with Crippen LogP contribution in [0.3, 0.4) is 0 Å². The van der Waals surface area contributed by atoms with Gasteiger partial charge < -0.3 is 15.2 Å². The largest absolute Gasteiger partial charge is 0.404 e. The van der Waals surface area contributed by atoms with Gasteiger partial charge in [0.1, 0.15) is 13.2 Å². The maximum atomic E-state index is 10.5. The van der Waals surface area contributed by atoms with Crippen LogP contribution >= 0.6 is 0 Å². The zero-order chi connectivity index (χ0) is 8.69. The van der Waals surface area contributed by atoms with E-state index in [2.05, 4.69) is 10.5 Å². The number of ether oxygens (including phenoxy) is 1. The summed E-state index contributed by atoms with van der Waals surface area (Å²) in [6.45, 7) is -0.159. The van der Waals surface area contributed by atoms with E-state index in [0.29, 0.717) is 0 Å². The molecular formula is C4H10B2N2O3. The summed E-state index contributed by atoms with van der Waals surface area (Å²) < 4.78 is 4.71. The van der Waals surface area contributed by atoms with Gasteiger partial charge in [0.15, 0.2) is 0 Å². The van der Waals surface area contributed by atoms with Crippen molar-refractivity contribution in [3.05, 3.63) is 0 Å².